The van der Waals surface area contributed by atoms with Crippen molar-refractivity contribution in [3.63, 3.8) is 0 Å². The first-order valence-electron chi connectivity index (χ1n) is 8.96. The fourth-order valence-corrected chi connectivity index (χ4v) is 2.80. The second-order valence-corrected chi connectivity index (χ2v) is 6.41. The van der Waals surface area contributed by atoms with Gasteiger partial charge in [0, 0.05) is 5.69 Å². The molecule has 0 unspecified atom stereocenters. The number of hydrogen-bond donors (Lipinski definition) is 2. The molecule has 146 valence electrons. The Hall–Kier alpha value is -2.89. The number of anilines is 1. The molecule has 2 aromatic carbocycles. The maximum atomic E-state index is 12.3. The highest BCUT2D eigenvalue weighted by Gasteiger charge is 2.13. The van der Waals surface area contributed by atoms with Gasteiger partial charge in [-0.2, -0.15) is 0 Å². The van der Waals surface area contributed by atoms with Crippen molar-refractivity contribution >= 4 is 11.7 Å². The van der Waals surface area contributed by atoms with Crippen molar-refractivity contribution in [3.05, 3.63) is 47.5 Å². The Balaban J connectivity index is 1.90. The van der Waals surface area contributed by atoms with Crippen molar-refractivity contribution in [2.24, 2.45) is 0 Å². The molecule has 0 aromatic heterocycles. The van der Waals surface area contributed by atoms with E-state index in [1.807, 2.05) is 31.2 Å². The number of benzene rings is 2. The van der Waals surface area contributed by atoms with Gasteiger partial charge in [-0.05, 0) is 36.1 Å². The Labute approximate surface area is 160 Å². The van der Waals surface area contributed by atoms with E-state index in [4.69, 9.17) is 14.2 Å². The van der Waals surface area contributed by atoms with Crippen LogP contribution in [0.15, 0.2) is 36.4 Å². The number of hydrogen-bond acceptors (Lipinski definition) is 4. The third kappa shape index (κ3) is 5.29. The Morgan fingerprint density at radius 3 is 2.41 bits per heavy atom. The fourth-order valence-electron chi connectivity index (χ4n) is 2.80. The zero-order chi connectivity index (χ0) is 19.8. The molecule has 2 rings (SSSR count). The van der Waals surface area contributed by atoms with E-state index in [1.54, 1.807) is 26.4 Å². The summed E-state index contributed by atoms with van der Waals surface area (Å²) in [7, 11) is 3.13. The smallest absolute Gasteiger partial charge is 0.319 e. The van der Waals surface area contributed by atoms with Crippen LogP contribution in [0.25, 0.3) is 0 Å². The highest BCUT2D eigenvalue weighted by atomic mass is 16.5. The first-order chi connectivity index (χ1) is 13.0. The summed E-state index contributed by atoms with van der Waals surface area (Å²) in [5, 5.41) is 5.76. The van der Waals surface area contributed by atoms with Gasteiger partial charge in [0.25, 0.3) is 0 Å². The lowest BCUT2D eigenvalue weighted by molar-refractivity contribution is 0.245. The number of carbonyl (C=O) groups excluding carboxylic acids is 1. The Bertz CT molecular complexity index is 775. The van der Waals surface area contributed by atoms with E-state index in [1.165, 1.54) is 0 Å². The molecule has 0 aliphatic carbocycles. The van der Waals surface area contributed by atoms with Gasteiger partial charge in [0.15, 0.2) is 11.5 Å². The van der Waals surface area contributed by atoms with Gasteiger partial charge in [0.2, 0.25) is 5.75 Å². The molecule has 27 heavy (non-hydrogen) atoms. The second kappa shape index (κ2) is 9.71. The van der Waals surface area contributed by atoms with Crippen LogP contribution in [0, 0.1) is 6.92 Å². The molecule has 2 amide bonds. The molecule has 0 saturated carbocycles. The van der Waals surface area contributed by atoms with Crippen molar-refractivity contribution in [3.8, 4) is 17.2 Å². The molecule has 6 nitrogen and oxygen atoms in total. The van der Waals surface area contributed by atoms with Crippen molar-refractivity contribution in [1.29, 1.82) is 0 Å². The zero-order valence-corrected chi connectivity index (χ0v) is 16.6. The number of carbonyl (C=O) groups is 1. The van der Waals surface area contributed by atoms with E-state index in [0.29, 0.717) is 36.3 Å². The van der Waals surface area contributed by atoms with Crippen LogP contribution in [0.3, 0.4) is 0 Å². The van der Waals surface area contributed by atoms with Crippen molar-refractivity contribution in [2.45, 2.75) is 26.7 Å². The normalized spacial score (nSPS) is 10.4. The van der Waals surface area contributed by atoms with Gasteiger partial charge in [-0.3, -0.25) is 0 Å². The predicted octanol–water partition coefficient (Wildman–Crippen LogP) is 4.34. The molecule has 0 aliphatic rings. The maximum absolute atomic E-state index is 12.3. The molecule has 0 spiro atoms. The molecule has 0 saturated heterocycles. The van der Waals surface area contributed by atoms with Gasteiger partial charge in [-0.1, -0.05) is 38.1 Å². The topological polar surface area (TPSA) is 68.8 Å². The van der Waals surface area contributed by atoms with Crippen LogP contribution in [0.5, 0.6) is 17.2 Å². The van der Waals surface area contributed by atoms with Crippen molar-refractivity contribution in [1.82, 2.24) is 5.32 Å². The van der Waals surface area contributed by atoms with Gasteiger partial charge < -0.3 is 24.8 Å². The predicted molar refractivity (Wildman–Crippen MR) is 107 cm³/mol. The summed E-state index contributed by atoms with van der Waals surface area (Å²) < 4.78 is 16.3. The number of urea groups is 1. The Morgan fingerprint density at radius 2 is 1.74 bits per heavy atom. The van der Waals surface area contributed by atoms with Gasteiger partial charge in [0.1, 0.15) is 6.61 Å². The number of amides is 2. The maximum Gasteiger partial charge on any atom is 0.319 e. The monoisotopic (exact) mass is 372 g/mol. The third-order valence-electron chi connectivity index (χ3n) is 4.18. The highest BCUT2D eigenvalue weighted by molar-refractivity contribution is 5.91. The minimum Gasteiger partial charge on any atom is -0.493 e. The van der Waals surface area contributed by atoms with E-state index in [2.05, 4.69) is 24.5 Å². The summed E-state index contributed by atoms with van der Waals surface area (Å²) in [4.78, 5) is 12.3. The van der Waals surface area contributed by atoms with E-state index >= 15 is 0 Å². The number of ether oxygens (including phenoxy) is 3. The first-order valence-corrected chi connectivity index (χ1v) is 8.96. The number of aryl methyl sites for hydroxylation is 1. The molecule has 2 aromatic rings. The van der Waals surface area contributed by atoms with Crippen LogP contribution in [-0.2, 0) is 0 Å². The molecule has 6 heteroatoms. The van der Waals surface area contributed by atoms with Crippen molar-refractivity contribution < 1.29 is 19.0 Å². The number of rotatable bonds is 8. The molecule has 0 heterocycles. The average molecular weight is 372 g/mol. The summed E-state index contributed by atoms with van der Waals surface area (Å²) in [5.74, 6) is 2.02. The summed E-state index contributed by atoms with van der Waals surface area (Å²) in [6, 6.07) is 11.2. The lowest BCUT2D eigenvalue weighted by atomic mass is 9.98. The minimum absolute atomic E-state index is 0.257. The summed E-state index contributed by atoms with van der Waals surface area (Å²) >= 11 is 0. The Kier molecular flexibility index (Phi) is 7.34. The van der Waals surface area contributed by atoms with Gasteiger partial charge in [0.05, 0.1) is 20.8 Å². The molecule has 0 bridgehead atoms. The van der Waals surface area contributed by atoms with Crippen LogP contribution in [0.2, 0.25) is 0 Å². The number of nitrogens with one attached hydrogen (secondary N) is 2. The molecule has 0 radical (unpaired) electrons. The molecule has 0 aliphatic heterocycles. The van der Waals surface area contributed by atoms with Crippen LogP contribution in [-0.4, -0.2) is 33.4 Å². The van der Waals surface area contributed by atoms with E-state index < -0.39 is 0 Å². The van der Waals surface area contributed by atoms with Crippen LogP contribution in [0.1, 0.15) is 30.9 Å². The molecule has 0 fully saturated rings. The number of methoxy groups -OCH3 is 2. The van der Waals surface area contributed by atoms with Gasteiger partial charge in [-0.25, -0.2) is 4.79 Å². The van der Waals surface area contributed by atoms with Gasteiger partial charge in [-0.15, -0.1) is 0 Å². The highest BCUT2D eigenvalue weighted by Crippen LogP contribution is 2.36. The van der Waals surface area contributed by atoms with E-state index in [-0.39, 0.29) is 6.03 Å². The van der Waals surface area contributed by atoms with Gasteiger partial charge >= 0.3 is 6.03 Å². The lowest BCUT2D eigenvalue weighted by Crippen LogP contribution is -2.32. The average Bonchev–Trinajstić information content (AvgIpc) is 2.66. The summed E-state index contributed by atoms with van der Waals surface area (Å²) in [6.07, 6.45) is 0. The van der Waals surface area contributed by atoms with E-state index in [0.717, 1.165) is 16.8 Å². The number of para-hydroxylation sites is 2. The fraction of sp³-hybridized carbons (Fsp3) is 0.381. The largest absolute Gasteiger partial charge is 0.493 e. The lowest BCUT2D eigenvalue weighted by Gasteiger charge is -2.17. The molecular weight excluding hydrogens is 344 g/mol. The van der Waals surface area contributed by atoms with E-state index in [9.17, 15) is 4.79 Å². The Morgan fingerprint density at radius 1 is 1.04 bits per heavy atom. The molecular formula is C21H28N2O4. The van der Waals surface area contributed by atoms with Crippen molar-refractivity contribution in [2.75, 3.05) is 32.7 Å². The van der Waals surface area contributed by atoms with Crippen LogP contribution >= 0.6 is 0 Å². The first kappa shape index (κ1) is 20.4. The SMILES string of the molecule is COc1cccc(OCCNC(=O)Nc2c(C)cccc2C(C)C)c1OC. The summed E-state index contributed by atoms with van der Waals surface area (Å²) in [5.41, 5.74) is 3.01. The minimum atomic E-state index is -0.257. The quantitative estimate of drug-likeness (QED) is 0.677. The third-order valence-corrected chi connectivity index (χ3v) is 4.18. The van der Waals surface area contributed by atoms with Crippen LogP contribution < -0.4 is 24.8 Å². The standard InChI is InChI=1S/C21H28N2O4/c1-14(2)16-9-6-8-15(3)19(16)23-21(24)22-12-13-27-18-11-7-10-17(25-4)20(18)26-5/h6-11,14H,12-13H2,1-5H3,(H2,22,23,24). The van der Waals surface area contributed by atoms with Crippen LogP contribution in [0.4, 0.5) is 10.5 Å². The second-order valence-electron chi connectivity index (χ2n) is 6.41. The molecule has 0 atom stereocenters. The summed E-state index contributed by atoms with van der Waals surface area (Å²) in [6.45, 7) is 6.86. The zero-order valence-electron chi connectivity index (χ0n) is 16.6. The molecule has 2 N–H and O–H groups in total.